The largest absolute Gasteiger partial charge is 0.508 e. The molecule has 0 fully saturated rings. The third-order valence-corrected chi connectivity index (χ3v) is 7.64. The second kappa shape index (κ2) is 27.9. The molecule has 0 aromatic rings. The van der Waals surface area contributed by atoms with Crippen LogP contribution >= 0.6 is 7.75 Å². The second-order valence-corrected chi connectivity index (χ2v) is 11.8. The van der Waals surface area contributed by atoms with Crippen LogP contribution in [0.1, 0.15) is 104 Å². The molecule has 0 aromatic carbocycles. The van der Waals surface area contributed by atoms with Crippen molar-refractivity contribution in [2.75, 3.05) is 60.3 Å². The quantitative estimate of drug-likeness (QED) is 0.0259. The summed E-state index contributed by atoms with van der Waals surface area (Å²) in [6.45, 7) is 4.30. The molecule has 0 amide bonds. The summed E-state index contributed by atoms with van der Waals surface area (Å²) in [5.74, 6) is -0.855. The zero-order valence-corrected chi connectivity index (χ0v) is 28.2. The van der Waals surface area contributed by atoms with Crippen molar-refractivity contribution in [3.05, 3.63) is 0 Å². The summed E-state index contributed by atoms with van der Waals surface area (Å²) >= 11 is 0. The Balaban J connectivity index is 4.56. The van der Waals surface area contributed by atoms with E-state index in [2.05, 4.69) is 23.3 Å². The van der Waals surface area contributed by atoms with Gasteiger partial charge in [-0.1, -0.05) is 78.1 Å². The third-order valence-electron chi connectivity index (χ3n) is 6.17. The number of hydrogen-bond acceptors (Lipinski definition) is 11. The van der Waals surface area contributed by atoms with Crippen molar-refractivity contribution in [1.82, 2.24) is 4.90 Å². The van der Waals surface area contributed by atoms with E-state index in [1.807, 2.05) is 0 Å². The normalized spacial score (nSPS) is 11.6. The number of ether oxygens (including phenoxy) is 5. The second-order valence-electron chi connectivity index (χ2n) is 10.2. The Hall–Kier alpha value is -2.57. The van der Waals surface area contributed by atoms with Gasteiger partial charge in [0, 0.05) is 19.9 Å². The number of methoxy groups -OCH3 is 1. The molecule has 0 rings (SSSR count). The summed E-state index contributed by atoms with van der Waals surface area (Å²) in [4.78, 5) is 36.3. The fourth-order valence-electron chi connectivity index (χ4n) is 3.58. The molecule has 0 unspecified atom stereocenters. The zero-order chi connectivity index (χ0) is 32.9. The van der Waals surface area contributed by atoms with E-state index in [4.69, 9.17) is 33.7 Å². The van der Waals surface area contributed by atoms with Crippen molar-refractivity contribution in [3.8, 4) is 0 Å². The minimum atomic E-state index is -4.15. The SMILES string of the molecule is CCCCCCCCOC(=O)OCCCOP(=O)(/N=C(\N)N(C)CC(=O)OC)OCCCOC(=O)OCCCCCCCC. The highest BCUT2D eigenvalue weighted by atomic mass is 31.2. The predicted octanol–water partition coefficient (Wildman–Crippen LogP) is 6.35. The number of nitrogens with two attached hydrogens (primary N) is 1. The molecule has 0 saturated heterocycles. The van der Waals surface area contributed by atoms with Gasteiger partial charge in [0.1, 0.15) is 6.54 Å². The molecule has 0 heterocycles. The van der Waals surface area contributed by atoms with E-state index in [1.54, 1.807) is 0 Å². The lowest BCUT2D eigenvalue weighted by atomic mass is 10.1. The summed E-state index contributed by atoms with van der Waals surface area (Å²) in [7, 11) is -1.48. The number of likely N-dealkylation sites (N-methyl/N-ethyl adjacent to an activating group) is 1. The molecule has 0 spiro atoms. The Labute approximate surface area is 263 Å². The zero-order valence-electron chi connectivity index (χ0n) is 27.3. The van der Waals surface area contributed by atoms with Gasteiger partial charge in [0.25, 0.3) is 0 Å². The van der Waals surface area contributed by atoms with E-state index < -0.39 is 26.0 Å². The van der Waals surface area contributed by atoms with E-state index in [-0.39, 0.29) is 65.0 Å². The van der Waals surface area contributed by atoms with Gasteiger partial charge in [-0.15, -0.1) is 4.76 Å². The van der Waals surface area contributed by atoms with Crippen molar-refractivity contribution < 1.29 is 51.7 Å². The third kappa shape index (κ3) is 24.8. The average Bonchev–Trinajstić information content (AvgIpc) is 2.99. The minimum Gasteiger partial charge on any atom is -0.468 e. The highest BCUT2D eigenvalue weighted by Gasteiger charge is 2.26. The summed E-state index contributed by atoms with van der Waals surface area (Å²) in [6.07, 6.45) is 11.6. The number of unbranched alkanes of at least 4 members (excludes halogenated alkanes) is 10. The molecule has 0 aliphatic carbocycles. The molecule has 14 nitrogen and oxygen atoms in total. The molecule has 2 N–H and O–H groups in total. The van der Waals surface area contributed by atoms with Gasteiger partial charge in [0.2, 0.25) is 5.96 Å². The number of esters is 1. The smallest absolute Gasteiger partial charge is 0.468 e. The van der Waals surface area contributed by atoms with E-state index in [0.717, 1.165) is 38.5 Å². The number of carbonyl (C=O) groups excluding carboxylic acids is 3. The lowest BCUT2D eigenvalue weighted by Crippen LogP contribution is -2.38. The Kier molecular flexibility index (Phi) is 26.3. The van der Waals surface area contributed by atoms with Gasteiger partial charge >= 0.3 is 26.0 Å². The first-order valence-electron chi connectivity index (χ1n) is 15.8. The molecule has 0 aromatic heterocycles. The Morgan fingerprint density at radius 2 is 1.02 bits per heavy atom. The van der Waals surface area contributed by atoms with Crippen LogP contribution in [-0.4, -0.2) is 89.5 Å². The van der Waals surface area contributed by atoms with Crippen LogP contribution in [0.25, 0.3) is 0 Å². The van der Waals surface area contributed by atoms with Crippen molar-refractivity contribution >= 4 is 32.0 Å². The first-order chi connectivity index (χ1) is 21.2. The predicted molar refractivity (Wildman–Crippen MR) is 166 cm³/mol. The fraction of sp³-hybridized carbons (Fsp3) is 0.862. The molecular weight excluding hydrogens is 597 g/mol. The molecule has 44 heavy (non-hydrogen) atoms. The van der Waals surface area contributed by atoms with Crippen LogP contribution in [0.2, 0.25) is 0 Å². The van der Waals surface area contributed by atoms with Gasteiger partial charge in [-0.05, 0) is 12.8 Å². The van der Waals surface area contributed by atoms with Gasteiger partial charge < -0.3 is 34.3 Å². The monoisotopic (exact) mass is 653 g/mol. The van der Waals surface area contributed by atoms with Crippen LogP contribution in [0, 0.1) is 0 Å². The maximum atomic E-state index is 13.3. The van der Waals surface area contributed by atoms with Gasteiger partial charge in [-0.25, -0.2) is 14.2 Å². The Morgan fingerprint density at radius 1 is 0.636 bits per heavy atom. The summed E-state index contributed by atoms with van der Waals surface area (Å²) < 4.78 is 52.7. The minimum absolute atomic E-state index is 0.0362. The summed E-state index contributed by atoms with van der Waals surface area (Å²) in [5, 5.41) is 0. The highest BCUT2D eigenvalue weighted by molar-refractivity contribution is 7.52. The topological polar surface area (TPSA) is 175 Å². The van der Waals surface area contributed by atoms with Crippen molar-refractivity contribution in [3.63, 3.8) is 0 Å². The van der Waals surface area contributed by atoms with Crippen molar-refractivity contribution in [1.29, 1.82) is 0 Å². The van der Waals surface area contributed by atoms with Gasteiger partial charge in [0.05, 0.1) is 46.8 Å². The number of nitrogens with zero attached hydrogens (tertiary/aromatic N) is 2. The molecule has 0 saturated carbocycles. The first kappa shape index (κ1) is 41.4. The van der Waals surface area contributed by atoms with Crippen LogP contribution in [0.5, 0.6) is 0 Å². The Morgan fingerprint density at radius 3 is 1.43 bits per heavy atom. The fourth-order valence-corrected chi connectivity index (χ4v) is 4.90. The molecule has 0 aliphatic rings. The summed E-state index contributed by atoms with van der Waals surface area (Å²) in [6, 6.07) is 0. The molecule has 15 heteroatoms. The van der Waals surface area contributed by atoms with Crippen LogP contribution in [-0.2, 0) is 42.1 Å². The van der Waals surface area contributed by atoms with Crippen molar-refractivity contribution in [2.24, 2.45) is 10.5 Å². The molecule has 0 aliphatic heterocycles. The molecule has 0 bridgehead atoms. The van der Waals surface area contributed by atoms with E-state index in [0.29, 0.717) is 0 Å². The van der Waals surface area contributed by atoms with E-state index in [1.165, 1.54) is 57.6 Å². The molecule has 0 atom stereocenters. The Bertz CT molecular complexity index is 801. The maximum absolute atomic E-state index is 13.3. The number of rotatable bonds is 27. The standard InChI is InChI=1S/C29H56N3O11P/c1-5-7-9-11-13-15-19-38-28(34)40-21-17-23-42-44(36,31-27(30)32(3)25-26(33)37-4)43-24-18-22-41-29(35)39-20-16-14-12-10-8-6-2/h5-25H2,1-4H3,(H2,30,31,36). The molecule has 258 valence electrons. The maximum Gasteiger partial charge on any atom is 0.508 e. The van der Waals surface area contributed by atoms with Gasteiger partial charge in [0.15, 0.2) is 0 Å². The summed E-state index contributed by atoms with van der Waals surface area (Å²) in [5.41, 5.74) is 5.89. The van der Waals surface area contributed by atoms with Crippen LogP contribution in [0.4, 0.5) is 9.59 Å². The lowest BCUT2D eigenvalue weighted by molar-refractivity contribution is -0.140. The van der Waals surface area contributed by atoms with Crippen LogP contribution in [0.15, 0.2) is 4.76 Å². The van der Waals surface area contributed by atoms with E-state index >= 15 is 0 Å². The first-order valence-corrected chi connectivity index (χ1v) is 17.3. The molecular formula is C29H56N3O11P. The van der Waals surface area contributed by atoms with Crippen LogP contribution < -0.4 is 5.73 Å². The van der Waals surface area contributed by atoms with Gasteiger partial charge in [-0.2, -0.15) is 0 Å². The number of carbonyl (C=O) groups is 3. The lowest BCUT2D eigenvalue weighted by Gasteiger charge is -2.19. The highest BCUT2D eigenvalue weighted by Crippen LogP contribution is 2.50. The van der Waals surface area contributed by atoms with Crippen LogP contribution in [0.3, 0.4) is 0 Å². The van der Waals surface area contributed by atoms with E-state index in [9.17, 15) is 18.9 Å². The average molecular weight is 654 g/mol. The number of guanidine groups is 1. The van der Waals surface area contributed by atoms with Crippen molar-refractivity contribution in [2.45, 2.75) is 104 Å². The molecule has 0 radical (unpaired) electrons. The van der Waals surface area contributed by atoms with Gasteiger partial charge in [-0.3, -0.25) is 13.8 Å². The number of hydrogen-bond donors (Lipinski definition) is 1.